The summed E-state index contributed by atoms with van der Waals surface area (Å²) in [7, 11) is 1.81. The van der Waals surface area contributed by atoms with E-state index in [0.717, 1.165) is 23.5 Å². The highest BCUT2D eigenvalue weighted by Gasteiger charge is 2.41. The molecule has 0 bridgehead atoms. The number of carbonyl (C=O) groups excluding carboxylic acids is 2. The summed E-state index contributed by atoms with van der Waals surface area (Å²) >= 11 is 0. The van der Waals surface area contributed by atoms with Crippen LogP contribution in [0.2, 0.25) is 0 Å². The molecule has 1 fully saturated rings. The Kier molecular flexibility index (Phi) is 3.73. The van der Waals surface area contributed by atoms with Crippen molar-refractivity contribution >= 4 is 11.7 Å². The molecular weight excluding hydrogens is 254 g/mol. The molecule has 0 aromatic carbocycles. The summed E-state index contributed by atoms with van der Waals surface area (Å²) in [6, 6.07) is 1.88. The molecule has 1 amide bonds. The Balaban J connectivity index is 2.15. The van der Waals surface area contributed by atoms with Gasteiger partial charge in [-0.25, -0.2) is 0 Å². The minimum atomic E-state index is -0.623. The number of ketones is 1. The number of rotatable bonds is 3. The van der Waals surface area contributed by atoms with Crippen LogP contribution < -0.4 is 0 Å². The van der Waals surface area contributed by atoms with Crippen molar-refractivity contribution in [2.75, 3.05) is 26.7 Å². The van der Waals surface area contributed by atoms with E-state index in [4.69, 9.17) is 0 Å². The molecule has 1 aromatic heterocycles. The van der Waals surface area contributed by atoms with Gasteiger partial charge in [0.1, 0.15) is 0 Å². The van der Waals surface area contributed by atoms with Crippen LogP contribution in [-0.2, 0) is 4.79 Å². The Morgan fingerprint density at radius 1 is 1.35 bits per heavy atom. The van der Waals surface area contributed by atoms with Gasteiger partial charge in [0, 0.05) is 37.1 Å². The summed E-state index contributed by atoms with van der Waals surface area (Å²) in [5, 5.41) is 0. The van der Waals surface area contributed by atoms with Crippen molar-refractivity contribution in [2.24, 2.45) is 0 Å². The van der Waals surface area contributed by atoms with Gasteiger partial charge in [0.25, 0.3) is 0 Å². The number of hydrogen-bond donors (Lipinski definition) is 1. The number of aromatic nitrogens is 1. The maximum absolute atomic E-state index is 12.4. The molecule has 1 N–H and O–H groups in total. The number of hydrogen-bond acceptors (Lipinski definition) is 3. The third-order valence-corrected chi connectivity index (χ3v) is 4.15. The third-order valence-electron chi connectivity index (χ3n) is 4.15. The number of nitrogens with one attached hydrogen (secondary N) is 1. The number of aryl methyl sites for hydroxylation is 2. The molecule has 20 heavy (non-hydrogen) atoms. The van der Waals surface area contributed by atoms with Crippen LogP contribution in [0.15, 0.2) is 6.07 Å². The van der Waals surface area contributed by atoms with Gasteiger partial charge >= 0.3 is 0 Å². The fourth-order valence-electron chi connectivity index (χ4n) is 2.80. The second kappa shape index (κ2) is 5.05. The second-order valence-electron chi connectivity index (χ2n) is 6.12. The number of carbonyl (C=O) groups is 2. The van der Waals surface area contributed by atoms with Gasteiger partial charge in [0.2, 0.25) is 5.91 Å². The Labute approximate surface area is 119 Å². The molecule has 0 saturated carbocycles. The zero-order valence-corrected chi connectivity index (χ0v) is 12.9. The topological polar surface area (TPSA) is 56.4 Å². The summed E-state index contributed by atoms with van der Waals surface area (Å²) in [6.45, 7) is 9.28. The average molecular weight is 277 g/mol. The van der Waals surface area contributed by atoms with Gasteiger partial charge in [-0.05, 0) is 33.8 Å². The highest BCUT2D eigenvalue weighted by Crippen LogP contribution is 2.22. The first kappa shape index (κ1) is 14.8. The largest absolute Gasteiger partial charge is 0.362 e. The molecule has 1 aromatic rings. The standard InChI is InChI=1S/C15H23N3O2/c1-10-8-12(11(2)16-10)13(19)9-18-7-6-17(5)14(20)15(18,3)4/h8,16H,6-7,9H2,1-5H3. The lowest BCUT2D eigenvalue weighted by molar-refractivity contribution is -0.146. The molecule has 0 atom stereocenters. The van der Waals surface area contributed by atoms with Gasteiger partial charge in [-0.15, -0.1) is 0 Å². The molecule has 110 valence electrons. The van der Waals surface area contributed by atoms with Gasteiger partial charge in [-0.2, -0.15) is 0 Å². The van der Waals surface area contributed by atoms with E-state index in [0.29, 0.717) is 6.54 Å². The fourth-order valence-corrected chi connectivity index (χ4v) is 2.80. The maximum atomic E-state index is 12.4. The molecule has 5 nitrogen and oxygen atoms in total. The SMILES string of the molecule is Cc1cc(C(=O)CN2CCN(C)C(=O)C2(C)C)c(C)[nH]1. The maximum Gasteiger partial charge on any atom is 0.242 e. The first-order valence-electron chi connectivity index (χ1n) is 6.93. The Bertz CT molecular complexity index is 545. The van der Waals surface area contributed by atoms with Gasteiger partial charge in [-0.1, -0.05) is 0 Å². The van der Waals surface area contributed by atoms with E-state index in [1.54, 1.807) is 4.90 Å². The zero-order valence-electron chi connectivity index (χ0n) is 12.9. The number of likely N-dealkylation sites (N-methyl/N-ethyl adjacent to an activating group) is 1. The summed E-state index contributed by atoms with van der Waals surface area (Å²) in [4.78, 5) is 31.5. The molecule has 1 aliphatic rings. The van der Waals surface area contributed by atoms with Crippen LogP contribution in [0, 0.1) is 13.8 Å². The number of amides is 1. The van der Waals surface area contributed by atoms with Crippen molar-refractivity contribution in [1.82, 2.24) is 14.8 Å². The summed E-state index contributed by atoms with van der Waals surface area (Å²) in [6.07, 6.45) is 0. The van der Waals surface area contributed by atoms with Gasteiger partial charge in [-0.3, -0.25) is 14.5 Å². The first-order chi connectivity index (χ1) is 9.23. The smallest absolute Gasteiger partial charge is 0.242 e. The van der Waals surface area contributed by atoms with Gasteiger partial charge in [0.05, 0.1) is 12.1 Å². The first-order valence-corrected chi connectivity index (χ1v) is 6.93. The molecule has 2 rings (SSSR count). The Morgan fingerprint density at radius 3 is 2.55 bits per heavy atom. The molecular formula is C15H23N3O2. The van der Waals surface area contributed by atoms with Crippen LogP contribution in [0.4, 0.5) is 0 Å². The number of H-pyrrole nitrogens is 1. The minimum absolute atomic E-state index is 0.0669. The van der Waals surface area contributed by atoms with E-state index in [1.807, 2.05) is 45.7 Å². The Hall–Kier alpha value is -1.62. The molecule has 0 aliphatic carbocycles. The van der Waals surface area contributed by atoms with Crippen LogP contribution in [0.1, 0.15) is 35.6 Å². The molecule has 1 aliphatic heterocycles. The fraction of sp³-hybridized carbons (Fsp3) is 0.600. The molecule has 0 unspecified atom stereocenters. The van der Waals surface area contributed by atoms with E-state index in [2.05, 4.69) is 4.98 Å². The molecule has 0 radical (unpaired) electrons. The van der Waals surface area contributed by atoms with E-state index < -0.39 is 5.54 Å². The summed E-state index contributed by atoms with van der Waals surface area (Å²) in [5.74, 6) is 0.135. The van der Waals surface area contributed by atoms with Crippen LogP contribution in [0.25, 0.3) is 0 Å². The van der Waals surface area contributed by atoms with Crippen molar-refractivity contribution < 1.29 is 9.59 Å². The molecule has 1 saturated heterocycles. The summed E-state index contributed by atoms with van der Waals surface area (Å²) in [5.41, 5.74) is 1.98. The zero-order chi connectivity index (χ0) is 15.1. The van der Waals surface area contributed by atoms with Gasteiger partial charge in [0.15, 0.2) is 5.78 Å². The van der Waals surface area contributed by atoms with Crippen LogP contribution in [0.3, 0.4) is 0 Å². The van der Waals surface area contributed by atoms with E-state index in [1.165, 1.54) is 0 Å². The monoisotopic (exact) mass is 277 g/mol. The van der Waals surface area contributed by atoms with Crippen LogP contribution in [-0.4, -0.2) is 58.7 Å². The van der Waals surface area contributed by atoms with Crippen molar-refractivity contribution in [3.63, 3.8) is 0 Å². The highest BCUT2D eigenvalue weighted by molar-refractivity contribution is 5.99. The van der Waals surface area contributed by atoms with E-state index >= 15 is 0 Å². The van der Waals surface area contributed by atoms with Crippen molar-refractivity contribution in [3.8, 4) is 0 Å². The third kappa shape index (κ3) is 2.50. The number of Topliss-reactive ketones (excluding diaryl/α,β-unsaturated/α-hetero) is 1. The van der Waals surface area contributed by atoms with Crippen molar-refractivity contribution in [1.29, 1.82) is 0 Å². The minimum Gasteiger partial charge on any atom is -0.362 e. The molecule has 5 heteroatoms. The van der Waals surface area contributed by atoms with Crippen molar-refractivity contribution in [3.05, 3.63) is 23.0 Å². The van der Waals surface area contributed by atoms with Crippen LogP contribution >= 0.6 is 0 Å². The van der Waals surface area contributed by atoms with E-state index in [9.17, 15) is 9.59 Å². The number of piperazine rings is 1. The molecule has 0 spiro atoms. The van der Waals surface area contributed by atoms with Crippen molar-refractivity contribution in [2.45, 2.75) is 33.2 Å². The number of nitrogens with zero attached hydrogens (tertiary/aromatic N) is 2. The summed E-state index contributed by atoms with van der Waals surface area (Å²) < 4.78 is 0. The lowest BCUT2D eigenvalue weighted by Crippen LogP contribution is -2.62. The predicted octanol–water partition coefficient (Wildman–Crippen LogP) is 1.37. The average Bonchev–Trinajstić information content (AvgIpc) is 2.70. The predicted molar refractivity (Wildman–Crippen MR) is 77.9 cm³/mol. The normalized spacial score (nSPS) is 19.4. The van der Waals surface area contributed by atoms with Crippen LogP contribution in [0.5, 0.6) is 0 Å². The lowest BCUT2D eigenvalue weighted by atomic mass is 9.96. The van der Waals surface area contributed by atoms with Gasteiger partial charge < -0.3 is 9.88 Å². The Morgan fingerprint density at radius 2 is 2.00 bits per heavy atom. The highest BCUT2D eigenvalue weighted by atomic mass is 16.2. The lowest BCUT2D eigenvalue weighted by Gasteiger charge is -2.44. The second-order valence-corrected chi connectivity index (χ2v) is 6.12. The van der Waals surface area contributed by atoms with E-state index in [-0.39, 0.29) is 18.2 Å². The number of aromatic amines is 1. The molecule has 2 heterocycles. The quantitative estimate of drug-likeness (QED) is 0.849.